The fourth-order valence-electron chi connectivity index (χ4n) is 2.88. The number of nitrogens with one attached hydrogen (secondary N) is 2. The third kappa shape index (κ3) is 5.70. The second-order valence-electron chi connectivity index (χ2n) is 7.22. The molecule has 2 heterocycles. The number of halogens is 2. The van der Waals surface area contributed by atoms with E-state index in [-0.39, 0.29) is 27.8 Å². The molecular formula is C21H21ClFN7O3. The molecule has 3 aromatic rings. The highest BCUT2D eigenvalue weighted by atomic mass is 35.5. The van der Waals surface area contributed by atoms with Gasteiger partial charge in [-0.1, -0.05) is 11.6 Å². The van der Waals surface area contributed by atoms with Crippen LogP contribution in [-0.2, 0) is 0 Å². The summed E-state index contributed by atoms with van der Waals surface area (Å²) in [6.45, 7) is 0.976. The number of pyridine rings is 1. The summed E-state index contributed by atoms with van der Waals surface area (Å²) < 4.78 is 14.5. The predicted octanol–water partition coefficient (Wildman–Crippen LogP) is 1.70. The topological polar surface area (TPSA) is 135 Å². The highest BCUT2D eigenvalue weighted by molar-refractivity contribution is 6.34. The van der Waals surface area contributed by atoms with Crippen LogP contribution >= 0.6 is 11.6 Å². The predicted molar refractivity (Wildman–Crippen MR) is 120 cm³/mol. The zero-order valence-corrected chi connectivity index (χ0v) is 18.6. The van der Waals surface area contributed by atoms with Gasteiger partial charge in [0.2, 0.25) is 0 Å². The highest BCUT2D eigenvalue weighted by Crippen LogP contribution is 2.20. The first-order chi connectivity index (χ1) is 15.7. The molecule has 0 saturated heterocycles. The van der Waals surface area contributed by atoms with E-state index >= 15 is 0 Å². The smallest absolute Gasteiger partial charge is 0.272 e. The number of imidazole rings is 1. The van der Waals surface area contributed by atoms with Crippen molar-refractivity contribution in [1.82, 2.24) is 24.8 Å². The lowest BCUT2D eigenvalue weighted by atomic mass is 10.2. The zero-order valence-electron chi connectivity index (χ0n) is 17.8. The minimum absolute atomic E-state index is 0.0370. The third-order valence-electron chi connectivity index (χ3n) is 4.50. The van der Waals surface area contributed by atoms with E-state index in [9.17, 15) is 18.8 Å². The van der Waals surface area contributed by atoms with E-state index in [4.69, 9.17) is 17.3 Å². The molecule has 0 unspecified atom stereocenters. The first kappa shape index (κ1) is 23.8. The van der Waals surface area contributed by atoms with Gasteiger partial charge < -0.3 is 21.3 Å². The van der Waals surface area contributed by atoms with Gasteiger partial charge in [-0.15, -0.1) is 0 Å². The molecule has 0 radical (unpaired) electrons. The quantitative estimate of drug-likeness (QED) is 0.455. The fourth-order valence-corrected chi connectivity index (χ4v) is 3.14. The van der Waals surface area contributed by atoms with Crippen LogP contribution in [0.15, 0.2) is 42.9 Å². The van der Waals surface area contributed by atoms with E-state index in [2.05, 4.69) is 20.6 Å². The molecule has 0 bridgehead atoms. The summed E-state index contributed by atoms with van der Waals surface area (Å²) in [5.74, 6) is -2.31. The second-order valence-corrected chi connectivity index (χ2v) is 7.62. The number of benzene rings is 1. The maximum absolute atomic E-state index is 13.2. The normalized spacial score (nSPS) is 10.8. The minimum Gasteiger partial charge on any atom is -0.364 e. The second kappa shape index (κ2) is 10.2. The van der Waals surface area contributed by atoms with Gasteiger partial charge in [0, 0.05) is 13.1 Å². The Kier molecular flexibility index (Phi) is 7.36. The molecule has 0 spiro atoms. The summed E-state index contributed by atoms with van der Waals surface area (Å²) in [6.07, 6.45) is 2.65. The van der Waals surface area contributed by atoms with E-state index in [0.717, 1.165) is 12.1 Å². The van der Waals surface area contributed by atoms with Crippen LogP contribution in [-0.4, -0.2) is 64.3 Å². The van der Waals surface area contributed by atoms with Gasteiger partial charge in [-0.25, -0.2) is 14.4 Å². The Labute approximate surface area is 193 Å². The lowest BCUT2D eigenvalue weighted by molar-refractivity contribution is 0.0928. The van der Waals surface area contributed by atoms with E-state index in [1.807, 2.05) is 19.0 Å². The van der Waals surface area contributed by atoms with Crippen LogP contribution < -0.4 is 16.4 Å². The van der Waals surface area contributed by atoms with Gasteiger partial charge in [-0.05, 0) is 44.4 Å². The summed E-state index contributed by atoms with van der Waals surface area (Å²) in [4.78, 5) is 46.9. The van der Waals surface area contributed by atoms with Crippen molar-refractivity contribution in [2.24, 2.45) is 5.73 Å². The van der Waals surface area contributed by atoms with Gasteiger partial charge in [-0.2, -0.15) is 0 Å². The number of carbonyl (C=O) groups is 3. The van der Waals surface area contributed by atoms with E-state index in [0.29, 0.717) is 18.8 Å². The number of rotatable bonds is 8. The molecule has 3 amide bonds. The molecule has 172 valence electrons. The van der Waals surface area contributed by atoms with Crippen LogP contribution in [0, 0.1) is 5.82 Å². The maximum atomic E-state index is 13.2. The Morgan fingerprint density at radius 3 is 2.52 bits per heavy atom. The van der Waals surface area contributed by atoms with Gasteiger partial charge in [0.15, 0.2) is 5.69 Å². The van der Waals surface area contributed by atoms with Crippen molar-refractivity contribution < 1.29 is 18.8 Å². The van der Waals surface area contributed by atoms with Crippen LogP contribution in [0.4, 0.5) is 10.2 Å². The Bertz CT molecular complexity index is 1200. The van der Waals surface area contributed by atoms with Crippen molar-refractivity contribution in [2.45, 2.75) is 0 Å². The Morgan fingerprint density at radius 1 is 1.15 bits per heavy atom. The van der Waals surface area contributed by atoms with Gasteiger partial charge in [-0.3, -0.25) is 19.0 Å². The van der Waals surface area contributed by atoms with Gasteiger partial charge in [0.1, 0.15) is 23.7 Å². The lowest BCUT2D eigenvalue weighted by Gasteiger charge is -2.11. The van der Waals surface area contributed by atoms with Crippen molar-refractivity contribution >= 4 is 35.1 Å². The van der Waals surface area contributed by atoms with Crippen LogP contribution in [0.1, 0.15) is 31.3 Å². The number of aromatic nitrogens is 3. The third-order valence-corrected chi connectivity index (χ3v) is 4.82. The summed E-state index contributed by atoms with van der Waals surface area (Å²) in [7, 11) is 3.73. The van der Waals surface area contributed by atoms with Crippen molar-refractivity contribution in [2.75, 3.05) is 32.5 Å². The summed E-state index contributed by atoms with van der Waals surface area (Å²) in [6, 6.07) is 6.45. The van der Waals surface area contributed by atoms with E-state index < -0.39 is 23.5 Å². The molecule has 0 atom stereocenters. The molecule has 0 fully saturated rings. The standard InChI is InChI=1S/C21H21ClFN7O3/c1-29(2)8-7-25-21(33)17-18(19(24)31)30(11-27-17)13-4-6-16(26-10-13)28-20(32)14-5-3-12(23)9-15(14)22/h3-6,9-11H,7-8H2,1-2H3,(H2,24,31)(H,25,33)(H,26,28,32). The lowest BCUT2D eigenvalue weighted by Crippen LogP contribution is -2.33. The molecule has 33 heavy (non-hydrogen) atoms. The number of hydrogen-bond acceptors (Lipinski definition) is 6. The van der Waals surface area contributed by atoms with Gasteiger partial charge >= 0.3 is 0 Å². The molecule has 0 aliphatic rings. The van der Waals surface area contributed by atoms with Gasteiger partial charge in [0.25, 0.3) is 17.7 Å². The molecule has 2 aromatic heterocycles. The highest BCUT2D eigenvalue weighted by Gasteiger charge is 2.23. The van der Waals surface area contributed by atoms with Crippen LogP contribution in [0.5, 0.6) is 0 Å². The molecule has 12 heteroatoms. The van der Waals surface area contributed by atoms with Crippen molar-refractivity contribution in [3.63, 3.8) is 0 Å². The summed E-state index contributed by atoms with van der Waals surface area (Å²) >= 11 is 5.91. The molecule has 4 N–H and O–H groups in total. The molecule has 0 aliphatic heterocycles. The number of carbonyl (C=O) groups excluding carboxylic acids is 3. The molecule has 1 aromatic carbocycles. The number of likely N-dealkylation sites (N-methyl/N-ethyl adjacent to an activating group) is 1. The number of nitrogens with two attached hydrogens (primary N) is 1. The van der Waals surface area contributed by atoms with E-state index in [1.165, 1.54) is 29.2 Å². The van der Waals surface area contributed by atoms with Crippen molar-refractivity contribution in [1.29, 1.82) is 0 Å². The van der Waals surface area contributed by atoms with Crippen LogP contribution in [0.2, 0.25) is 5.02 Å². The van der Waals surface area contributed by atoms with Crippen LogP contribution in [0.3, 0.4) is 0 Å². The van der Waals surface area contributed by atoms with Crippen LogP contribution in [0.25, 0.3) is 5.69 Å². The average molecular weight is 474 g/mol. The number of primary amides is 1. The summed E-state index contributed by atoms with van der Waals surface area (Å²) in [5, 5.41) is 5.19. The Morgan fingerprint density at radius 2 is 1.91 bits per heavy atom. The van der Waals surface area contributed by atoms with Crippen molar-refractivity contribution in [3.8, 4) is 5.69 Å². The minimum atomic E-state index is -0.839. The molecule has 0 saturated carbocycles. The number of nitrogens with zero attached hydrogens (tertiary/aromatic N) is 4. The molecule has 3 rings (SSSR count). The van der Waals surface area contributed by atoms with E-state index in [1.54, 1.807) is 6.07 Å². The molecule has 0 aliphatic carbocycles. The Balaban J connectivity index is 1.79. The number of anilines is 1. The fraction of sp³-hybridized carbons (Fsp3) is 0.190. The SMILES string of the molecule is CN(C)CCNC(=O)c1ncn(-c2ccc(NC(=O)c3ccc(F)cc3Cl)nc2)c1C(N)=O. The largest absolute Gasteiger partial charge is 0.364 e. The van der Waals surface area contributed by atoms with Crippen molar-refractivity contribution in [3.05, 3.63) is 70.6 Å². The van der Waals surface area contributed by atoms with Gasteiger partial charge in [0.05, 0.1) is 22.5 Å². The first-order valence-electron chi connectivity index (χ1n) is 9.70. The average Bonchev–Trinajstić information content (AvgIpc) is 3.19. The zero-order chi connectivity index (χ0) is 24.1. The first-order valence-corrected chi connectivity index (χ1v) is 10.1. The summed E-state index contributed by atoms with van der Waals surface area (Å²) in [5.41, 5.74) is 5.76. The molecule has 10 nitrogen and oxygen atoms in total. The number of amides is 3. The Hall–Kier alpha value is -3.83. The molecular weight excluding hydrogens is 453 g/mol. The monoisotopic (exact) mass is 473 g/mol. The number of hydrogen-bond donors (Lipinski definition) is 3. The maximum Gasteiger partial charge on any atom is 0.272 e.